The molecule has 0 spiro atoms. The van der Waals surface area contributed by atoms with Gasteiger partial charge in [-0.2, -0.15) is 0 Å². The second-order valence-corrected chi connectivity index (χ2v) is 6.02. The lowest BCUT2D eigenvalue weighted by molar-refractivity contribution is 0.598. The molecule has 0 heterocycles. The minimum atomic E-state index is -3.58. The van der Waals surface area contributed by atoms with Gasteiger partial charge in [-0.1, -0.05) is 48.5 Å². The minimum absolute atomic E-state index is 0.0756. The van der Waals surface area contributed by atoms with Gasteiger partial charge in [0.2, 0.25) is 10.0 Å². The van der Waals surface area contributed by atoms with Gasteiger partial charge in [0.25, 0.3) is 0 Å². The van der Waals surface area contributed by atoms with Gasteiger partial charge >= 0.3 is 0 Å². The molecule has 0 aliphatic heterocycles. The van der Waals surface area contributed by atoms with Gasteiger partial charge in [-0.05, 0) is 35.0 Å². The number of nitrogen functional groups attached to an aromatic ring is 1. The van der Waals surface area contributed by atoms with Crippen molar-refractivity contribution in [2.75, 3.05) is 5.73 Å². The zero-order valence-electron chi connectivity index (χ0n) is 11.3. The van der Waals surface area contributed by atoms with Crippen molar-refractivity contribution in [1.29, 1.82) is 0 Å². The predicted octanol–water partition coefficient (Wildman–Crippen LogP) is 2.76. The molecule has 5 heteroatoms. The van der Waals surface area contributed by atoms with Gasteiger partial charge in [0.15, 0.2) is 0 Å². The smallest absolute Gasteiger partial charge is 0.238 e. The van der Waals surface area contributed by atoms with E-state index in [0.29, 0.717) is 5.69 Å². The molecule has 0 aromatic heterocycles. The summed E-state index contributed by atoms with van der Waals surface area (Å²) in [6.45, 7) is 0. The van der Waals surface area contributed by atoms with Crippen LogP contribution in [0.25, 0.3) is 10.8 Å². The molecule has 0 saturated carbocycles. The second-order valence-electron chi connectivity index (χ2n) is 4.46. The molecule has 3 rings (SSSR count). The molecule has 0 fully saturated rings. The Morgan fingerprint density at radius 2 is 1.05 bits per heavy atom. The fourth-order valence-electron chi connectivity index (χ4n) is 1.79. The molecule has 108 valence electrons. The monoisotopic (exact) mass is 300 g/mol. The molecule has 0 radical (unpaired) electrons. The Kier molecular flexibility index (Phi) is 4.57. The van der Waals surface area contributed by atoms with Gasteiger partial charge in [-0.25, -0.2) is 13.6 Å². The largest absolute Gasteiger partial charge is 0.399 e. The zero-order chi connectivity index (χ0) is 15.3. The second kappa shape index (κ2) is 6.39. The van der Waals surface area contributed by atoms with E-state index in [4.69, 9.17) is 10.9 Å². The molecular weight excluding hydrogens is 284 g/mol. The third kappa shape index (κ3) is 4.30. The number of sulfonamides is 1. The van der Waals surface area contributed by atoms with Crippen LogP contribution in [0, 0.1) is 0 Å². The zero-order valence-corrected chi connectivity index (χ0v) is 12.1. The van der Waals surface area contributed by atoms with E-state index in [1.807, 2.05) is 0 Å². The predicted molar refractivity (Wildman–Crippen MR) is 86.2 cm³/mol. The number of primary sulfonamides is 1. The van der Waals surface area contributed by atoms with Gasteiger partial charge in [-0.3, -0.25) is 0 Å². The molecule has 0 amide bonds. The van der Waals surface area contributed by atoms with Gasteiger partial charge in [0.1, 0.15) is 0 Å². The lowest BCUT2D eigenvalue weighted by Crippen LogP contribution is -2.11. The quantitative estimate of drug-likeness (QED) is 0.677. The third-order valence-electron chi connectivity index (χ3n) is 2.87. The molecule has 0 bridgehead atoms. The molecule has 0 saturated heterocycles. The topological polar surface area (TPSA) is 86.2 Å². The van der Waals surface area contributed by atoms with Crippen LogP contribution in [-0.2, 0) is 10.0 Å². The number of nitrogens with two attached hydrogens (primary N) is 2. The number of fused-ring (bicyclic) bond motifs is 1. The maximum atomic E-state index is 10.7. The standard InChI is InChI=1S/C10H8.C6H8N2O2S/c1-2-6-10-8-4-3-7-9(10)5-1;7-5-1-3-6(4-2-5)11(8,9)10/h1-8H;1-4H,7H2,(H2,8,9,10). The van der Waals surface area contributed by atoms with Gasteiger partial charge in [0.05, 0.1) is 4.90 Å². The van der Waals surface area contributed by atoms with Crippen LogP contribution in [-0.4, -0.2) is 8.42 Å². The summed E-state index contributed by atoms with van der Waals surface area (Å²) in [7, 11) is -3.58. The number of hydrogen-bond donors (Lipinski definition) is 2. The van der Waals surface area contributed by atoms with Gasteiger partial charge in [0, 0.05) is 5.69 Å². The average molecular weight is 300 g/mol. The Hall–Kier alpha value is -2.37. The summed E-state index contributed by atoms with van der Waals surface area (Å²) in [4.78, 5) is 0.0756. The summed E-state index contributed by atoms with van der Waals surface area (Å²) in [6.07, 6.45) is 0. The fraction of sp³-hybridized carbons (Fsp3) is 0. The lowest BCUT2D eigenvalue weighted by Gasteiger charge is -1.96. The lowest BCUT2D eigenvalue weighted by atomic mass is 10.1. The van der Waals surface area contributed by atoms with Crippen LogP contribution in [0.15, 0.2) is 77.7 Å². The summed E-state index contributed by atoms with van der Waals surface area (Å²) < 4.78 is 21.4. The molecule has 3 aromatic carbocycles. The molecule has 0 aliphatic rings. The highest BCUT2D eigenvalue weighted by Gasteiger charge is 2.04. The van der Waals surface area contributed by atoms with E-state index in [2.05, 4.69) is 48.5 Å². The number of anilines is 1. The summed E-state index contributed by atoms with van der Waals surface area (Å²) in [6, 6.07) is 22.4. The normalized spacial score (nSPS) is 10.7. The van der Waals surface area contributed by atoms with Crippen LogP contribution >= 0.6 is 0 Å². The number of hydrogen-bond acceptors (Lipinski definition) is 3. The molecule has 0 aliphatic carbocycles. The summed E-state index contributed by atoms with van der Waals surface area (Å²) in [5.41, 5.74) is 5.85. The summed E-state index contributed by atoms with van der Waals surface area (Å²) in [5, 5.41) is 7.46. The highest BCUT2D eigenvalue weighted by molar-refractivity contribution is 7.89. The molecular formula is C16H16N2O2S. The van der Waals surface area contributed by atoms with E-state index in [1.54, 1.807) is 0 Å². The van der Waals surface area contributed by atoms with Crippen molar-refractivity contribution < 1.29 is 8.42 Å². The Labute approximate surface area is 124 Å². The van der Waals surface area contributed by atoms with E-state index < -0.39 is 10.0 Å². The van der Waals surface area contributed by atoms with Crippen LogP contribution in [0.5, 0.6) is 0 Å². The van der Waals surface area contributed by atoms with E-state index in [0.717, 1.165) is 0 Å². The highest BCUT2D eigenvalue weighted by atomic mass is 32.2. The van der Waals surface area contributed by atoms with Crippen molar-refractivity contribution in [2.45, 2.75) is 4.90 Å². The number of benzene rings is 3. The summed E-state index contributed by atoms with van der Waals surface area (Å²) in [5.74, 6) is 0. The van der Waals surface area contributed by atoms with Crippen molar-refractivity contribution in [3.8, 4) is 0 Å². The fourth-order valence-corrected chi connectivity index (χ4v) is 2.31. The number of rotatable bonds is 1. The van der Waals surface area contributed by atoms with E-state index in [9.17, 15) is 8.42 Å². The van der Waals surface area contributed by atoms with E-state index in [1.165, 1.54) is 35.0 Å². The molecule has 4 N–H and O–H groups in total. The van der Waals surface area contributed by atoms with Crippen molar-refractivity contribution in [1.82, 2.24) is 0 Å². The SMILES string of the molecule is Nc1ccc(S(N)(=O)=O)cc1.c1ccc2ccccc2c1. The maximum Gasteiger partial charge on any atom is 0.238 e. The van der Waals surface area contributed by atoms with Crippen molar-refractivity contribution >= 4 is 26.5 Å². The minimum Gasteiger partial charge on any atom is -0.399 e. The average Bonchev–Trinajstić information content (AvgIpc) is 2.47. The first kappa shape index (κ1) is 15.0. The first-order valence-electron chi connectivity index (χ1n) is 6.29. The van der Waals surface area contributed by atoms with Crippen LogP contribution in [0.4, 0.5) is 5.69 Å². The molecule has 0 unspecified atom stereocenters. The highest BCUT2D eigenvalue weighted by Crippen LogP contribution is 2.11. The van der Waals surface area contributed by atoms with E-state index in [-0.39, 0.29) is 4.90 Å². The van der Waals surface area contributed by atoms with Gasteiger partial charge < -0.3 is 5.73 Å². The molecule has 21 heavy (non-hydrogen) atoms. The summed E-state index contributed by atoms with van der Waals surface area (Å²) >= 11 is 0. The Morgan fingerprint density at radius 3 is 1.38 bits per heavy atom. The molecule has 3 aromatic rings. The van der Waals surface area contributed by atoms with Crippen LogP contribution in [0.3, 0.4) is 0 Å². The van der Waals surface area contributed by atoms with Crippen LogP contribution in [0.1, 0.15) is 0 Å². The van der Waals surface area contributed by atoms with Crippen LogP contribution < -0.4 is 10.9 Å². The first-order chi connectivity index (χ1) is 9.97. The van der Waals surface area contributed by atoms with Crippen molar-refractivity contribution in [2.24, 2.45) is 5.14 Å². The molecule has 0 atom stereocenters. The Bertz CT molecular complexity index is 763. The molecule has 4 nitrogen and oxygen atoms in total. The Balaban J connectivity index is 0.000000154. The van der Waals surface area contributed by atoms with E-state index >= 15 is 0 Å². The van der Waals surface area contributed by atoms with Gasteiger partial charge in [-0.15, -0.1) is 0 Å². The first-order valence-corrected chi connectivity index (χ1v) is 7.83. The van der Waals surface area contributed by atoms with Crippen molar-refractivity contribution in [3.63, 3.8) is 0 Å². The Morgan fingerprint density at radius 1 is 0.667 bits per heavy atom. The third-order valence-corrected chi connectivity index (χ3v) is 3.80. The van der Waals surface area contributed by atoms with Crippen LogP contribution in [0.2, 0.25) is 0 Å². The van der Waals surface area contributed by atoms with Crippen molar-refractivity contribution in [3.05, 3.63) is 72.8 Å². The maximum absolute atomic E-state index is 10.7.